The largest absolute Gasteiger partial charge is 0.508 e. The molecule has 14 N–H and O–H groups in total. The van der Waals surface area contributed by atoms with Gasteiger partial charge in [0.15, 0.2) is 0 Å². The summed E-state index contributed by atoms with van der Waals surface area (Å²) >= 11 is 0. The standard InChI is InChI=1S/C39H55N9O9/c1-23(49)44-32(21-25-22-43-28-9-3-2-8-27(25)28)38(55)46-30(11-5-7-19-41)35(52)45-29(10-4-6-18-40)36(53)47-31(16-17-34(42)51)37(54)48-33(39(56)57)20-24-12-14-26(50)15-13-24/h2-3,8-9,12-15,22,29-33,43,50H,4-7,10-11,16-21,40-41H2,1H3,(H2,42,51)(H,44,49)(H,45,52)(H,46,55)(H,47,53)(H,48,54)(H,56,57)/t29-,30-,31-,32-,33-/m0/s1. The zero-order chi connectivity index (χ0) is 41.9. The summed E-state index contributed by atoms with van der Waals surface area (Å²) < 4.78 is 0. The molecule has 57 heavy (non-hydrogen) atoms. The minimum Gasteiger partial charge on any atom is -0.508 e. The summed E-state index contributed by atoms with van der Waals surface area (Å²) in [7, 11) is 0. The second-order valence-corrected chi connectivity index (χ2v) is 13.8. The van der Waals surface area contributed by atoms with Crippen molar-refractivity contribution >= 4 is 52.3 Å². The lowest BCUT2D eigenvalue weighted by Gasteiger charge is -2.27. The molecule has 3 rings (SSSR count). The Morgan fingerprint density at radius 2 is 1.16 bits per heavy atom. The molecule has 0 aliphatic carbocycles. The van der Waals surface area contributed by atoms with Crippen LogP contribution in [0.15, 0.2) is 54.7 Å². The van der Waals surface area contributed by atoms with E-state index in [9.17, 15) is 43.8 Å². The number of aromatic hydroxyl groups is 1. The van der Waals surface area contributed by atoms with Gasteiger partial charge in [-0.25, -0.2) is 4.79 Å². The van der Waals surface area contributed by atoms with Crippen LogP contribution in [0.5, 0.6) is 5.75 Å². The van der Waals surface area contributed by atoms with E-state index in [0.29, 0.717) is 44.3 Å². The number of primary amides is 1. The molecule has 310 valence electrons. The number of benzene rings is 2. The molecule has 2 aromatic carbocycles. The van der Waals surface area contributed by atoms with Crippen LogP contribution >= 0.6 is 0 Å². The Morgan fingerprint density at radius 3 is 1.67 bits per heavy atom. The summed E-state index contributed by atoms with van der Waals surface area (Å²) in [6.07, 6.45) is 3.18. The van der Waals surface area contributed by atoms with E-state index in [1.165, 1.54) is 31.2 Å². The van der Waals surface area contributed by atoms with Crippen LogP contribution in [0.2, 0.25) is 0 Å². The van der Waals surface area contributed by atoms with E-state index in [4.69, 9.17) is 17.2 Å². The number of amides is 6. The summed E-state index contributed by atoms with van der Waals surface area (Å²) in [6, 6.07) is 6.88. The lowest BCUT2D eigenvalue weighted by Crippen LogP contribution is -2.59. The van der Waals surface area contributed by atoms with Gasteiger partial charge in [0.25, 0.3) is 0 Å². The maximum Gasteiger partial charge on any atom is 0.326 e. The molecule has 0 fully saturated rings. The summed E-state index contributed by atoms with van der Waals surface area (Å²) in [5, 5.41) is 33.4. The zero-order valence-electron chi connectivity index (χ0n) is 32.1. The summed E-state index contributed by atoms with van der Waals surface area (Å²) in [4.78, 5) is 94.2. The first-order valence-electron chi connectivity index (χ1n) is 18.9. The average Bonchev–Trinajstić information content (AvgIpc) is 3.58. The summed E-state index contributed by atoms with van der Waals surface area (Å²) in [6.45, 7) is 1.90. The second kappa shape index (κ2) is 23.2. The number of carbonyl (C=O) groups excluding carboxylic acids is 6. The molecule has 18 heteroatoms. The predicted molar refractivity (Wildman–Crippen MR) is 211 cm³/mol. The third-order valence-electron chi connectivity index (χ3n) is 9.26. The number of nitrogens with two attached hydrogens (primary N) is 3. The van der Waals surface area contributed by atoms with Gasteiger partial charge in [-0.05, 0) is 87.4 Å². The van der Waals surface area contributed by atoms with Crippen LogP contribution < -0.4 is 43.8 Å². The molecule has 0 aliphatic heterocycles. The molecule has 1 aromatic heterocycles. The van der Waals surface area contributed by atoms with E-state index < -0.39 is 71.6 Å². The van der Waals surface area contributed by atoms with Gasteiger partial charge >= 0.3 is 5.97 Å². The van der Waals surface area contributed by atoms with Gasteiger partial charge in [-0.15, -0.1) is 0 Å². The van der Waals surface area contributed by atoms with Crippen LogP contribution in [0.1, 0.15) is 69.4 Å². The molecule has 0 bridgehead atoms. The molecule has 1 heterocycles. The molecule has 0 aliphatic rings. The predicted octanol–water partition coefficient (Wildman–Crippen LogP) is -0.289. The number of phenolic OH excluding ortho intramolecular Hbond substituents is 1. The van der Waals surface area contributed by atoms with E-state index in [0.717, 1.165) is 16.5 Å². The molecule has 0 saturated heterocycles. The lowest BCUT2D eigenvalue weighted by atomic mass is 10.0. The highest BCUT2D eigenvalue weighted by Crippen LogP contribution is 2.20. The first-order valence-corrected chi connectivity index (χ1v) is 18.9. The molecular weight excluding hydrogens is 738 g/mol. The number of aliphatic carboxylic acids is 1. The fourth-order valence-electron chi connectivity index (χ4n) is 6.21. The van der Waals surface area contributed by atoms with Crippen LogP contribution in [-0.4, -0.2) is 99.9 Å². The maximum atomic E-state index is 13.9. The second-order valence-electron chi connectivity index (χ2n) is 13.8. The first-order chi connectivity index (χ1) is 27.2. The maximum absolute atomic E-state index is 13.9. The Balaban J connectivity index is 1.82. The third-order valence-corrected chi connectivity index (χ3v) is 9.26. The number of carbonyl (C=O) groups is 7. The molecule has 5 atom stereocenters. The van der Waals surface area contributed by atoms with Crippen molar-refractivity contribution in [3.05, 3.63) is 65.9 Å². The van der Waals surface area contributed by atoms with Crippen LogP contribution in [0.4, 0.5) is 0 Å². The number of carboxylic acid groups (broad SMARTS) is 1. The highest BCUT2D eigenvalue weighted by Gasteiger charge is 2.32. The number of unbranched alkanes of at least 4 members (excludes halogenated alkanes) is 2. The summed E-state index contributed by atoms with van der Waals surface area (Å²) in [5.74, 6) is -5.68. The number of aromatic nitrogens is 1. The van der Waals surface area contributed by atoms with E-state index in [-0.39, 0.29) is 44.3 Å². The van der Waals surface area contributed by atoms with Gasteiger partial charge in [0.05, 0.1) is 0 Å². The fraction of sp³-hybridized carbons (Fsp3) is 0.462. The van der Waals surface area contributed by atoms with Crippen molar-refractivity contribution in [2.24, 2.45) is 17.2 Å². The average molecular weight is 794 g/mol. The van der Waals surface area contributed by atoms with Gasteiger partial charge in [-0.2, -0.15) is 0 Å². The van der Waals surface area contributed by atoms with Crippen molar-refractivity contribution in [2.45, 2.75) is 101 Å². The highest BCUT2D eigenvalue weighted by atomic mass is 16.4. The number of carboxylic acids is 1. The third kappa shape index (κ3) is 15.2. The number of H-pyrrole nitrogens is 1. The quantitative estimate of drug-likeness (QED) is 0.0495. The van der Waals surface area contributed by atoms with Gasteiger partial charge in [-0.1, -0.05) is 30.3 Å². The lowest BCUT2D eigenvalue weighted by molar-refractivity contribution is -0.142. The monoisotopic (exact) mass is 793 g/mol. The van der Waals surface area contributed by atoms with Crippen molar-refractivity contribution in [3.63, 3.8) is 0 Å². The topological polar surface area (TPSA) is 314 Å². The van der Waals surface area contributed by atoms with Gasteiger partial charge in [-0.3, -0.25) is 28.8 Å². The minimum absolute atomic E-state index is 0.0307. The highest BCUT2D eigenvalue weighted by molar-refractivity contribution is 5.96. The van der Waals surface area contributed by atoms with Crippen LogP contribution in [0.25, 0.3) is 10.9 Å². The Labute approximate surface area is 330 Å². The van der Waals surface area contributed by atoms with Gasteiger partial charge in [0.2, 0.25) is 35.4 Å². The van der Waals surface area contributed by atoms with Gasteiger partial charge in [0, 0.05) is 43.3 Å². The Morgan fingerprint density at radius 1 is 0.649 bits per heavy atom. The van der Waals surface area contributed by atoms with E-state index >= 15 is 0 Å². The molecule has 0 radical (unpaired) electrons. The van der Waals surface area contributed by atoms with Gasteiger partial charge < -0.3 is 59.0 Å². The number of para-hydroxylation sites is 1. The molecule has 6 amide bonds. The summed E-state index contributed by atoms with van der Waals surface area (Å²) in [5.41, 5.74) is 18.8. The van der Waals surface area contributed by atoms with Crippen molar-refractivity contribution in [2.75, 3.05) is 13.1 Å². The van der Waals surface area contributed by atoms with Crippen LogP contribution in [0.3, 0.4) is 0 Å². The van der Waals surface area contributed by atoms with Gasteiger partial charge in [0.1, 0.15) is 36.0 Å². The molecule has 0 spiro atoms. The first kappa shape index (κ1) is 45.4. The fourth-order valence-corrected chi connectivity index (χ4v) is 6.21. The van der Waals surface area contributed by atoms with Crippen molar-refractivity contribution in [3.8, 4) is 5.75 Å². The Hall–Kier alpha value is -6.01. The number of hydrogen-bond donors (Lipinski definition) is 11. The number of aromatic amines is 1. The number of rotatable bonds is 25. The molecule has 18 nitrogen and oxygen atoms in total. The molecule has 0 unspecified atom stereocenters. The van der Waals surface area contributed by atoms with E-state index in [2.05, 4.69) is 31.6 Å². The smallest absolute Gasteiger partial charge is 0.326 e. The van der Waals surface area contributed by atoms with Crippen molar-refractivity contribution < 1.29 is 43.8 Å². The Kier molecular flexibility index (Phi) is 18.4. The molecule has 0 saturated carbocycles. The van der Waals surface area contributed by atoms with E-state index in [1.54, 1.807) is 6.20 Å². The Bertz CT molecular complexity index is 1830. The molecular formula is C39H55N9O9. The number of hydrogen-bond acceptors (Lipinski definition) is 10. The van der Waals surface area contributed by atoms with E-state index in [1.807, 2.05) is 24.3 Å². The van der Waals surface area contributed by atoms with Crippen molar-refractivity contribution in [1.82, 2.24) is 31.6 Å². The van der Waals surface area contributed by atoms with Crippen LogP contribution in [-0.2, 0) is 46.4 Å². The van der Waals surface area contributed by atoms with Crippen LogP contribution in [0, 0.1) is 0 Å². The minimum atomic E-state index is -1.44. The SMILES string of the molecule is CC(=O)N[C@@H](Cc1c[nH]c2ccccc12)C(=O)N[C@@H](CCCCN)C(=O)N[C@@H](CCCCN)C(=O)N[C@@H](CCC(N)=O)C(=O)N[C@@H](Cc1ccc(O)cc1)C(=O)O. The zero-order valence-corrected chi connectivity index (χ0v) is 32.1. The number of phenols is 1. The van der Waals surface area contributed by atoms with Crippen molar-refractivity contribution in [1.29, 1.82) is 0 Å². The number of fused-ring (bicyclic) bond motifs is 1. The number of nitrogens with one attached hydrogen (secondary N) is 6. The normalized spacial score (nSPS) is 13.7. The molecule has 3 aromatic rings.